The number of nitrogens with zero attached hydrogens (tertiary/aromatic N) is 2. The fraction of sp³-hybridized carbons (Fsp3) is 0.600. The van der Waals surface area contributed by atoms with Crippen LogP contribution in [0, 0.1) is 5.41 Å². The van der Waals surface area contributed by atoms with E-state index in [0.717, 1.165) is 12.8 Å². The maximum atomic E-state index is 10.0. The van der Waals surface area contributed by atoms with Crippen molar-refractivity contribution in [3.8, 4) is 5.88 Å². The van der Waals surface area contributed by atoms with Crippen molar-refractivity contribution in [1.82, 2.24) is 9.97 Å². The number of rotatable bonds is 3. The van der Waals surface area contributed by atoms with Crippen molar-refractivity contribution in [3.05, 3.63) is 18.1 Å². The molecule has 0 spiro atoms. The molecule has 2 rings (SSSR count). The Bertz CT molecular complexity index is 337. The van der Waals surface area contributed by atoms with Crippen LogP contribution in [-0.4, -0.2) is 22.2 Å². The molecule has 0 aliphatic heterocycles. The molecule has 0 aromatic carbocycles. The number of ether oxygens (including phenoxy) is 1. The van der Waals surface area contributed by atoms with E-state index in [1.165, 1.54) is 7.11 Å². The normalized spacial score (nSPS) is 20.2. The number of aliphatic hydroxyl groups excluding tert-OH is 1. The van der Waals surface area contributed by atoms with Gasteiger partial charge in [-0.15, -0.1) is 0 Å². The molecular formula is C10H14N2O2. The van der Waals surface area contributed by atoms with Crippen LogP contribution in [0.15, 0.2) is 12.4 Å². The Morgan fingerprint density at radius 3 is 2.64 bits per heavy atom. The monoisotopic (exact) mass is 194 g/mol. The zero-order valence-electron chi connectivity index (χ0n) is 8.40. The van der Waals surface area contributed by atoms with Crippen LogP contribution >= 0.6 is 0 Å². The summed E-state index contributed by atoms with van der Waals surface area (Å²) in [4.78, 5) is 8.13. The van der Waals surface area contributed by atoms with Crippen molar-refractivity contribution in [2.75, 3.05) is 7.11 Å². The summed E-state index contributed by atoms with van der Waals surface area (Å²) in [6, 6.07) is 0. The molecule has 1 fully saturated rings. The van der Waals surface area contributed by atoms with Crippen LogP contribution in [0.1, 0.15) is 31.6 Å². The van der Waals surface area contributed by atoms with Gasteiger partial charge in [-0.3, -0.25) is 4.98 Å². The van der Waals surface area contributed by atoms with Crippen molar-refractivity contribution in [3.63, 3.8) is 0 Å². The summed E-state index contributed by atoms with van der Waals surface area (Å²) in [6.07, 6.45) is 4.64. The Kier molecular flexibility index (Phi) is 2.15. The van der Waals surface area contributed by atoms with Gasteiger partial charge in [0.25, 0.3) is 0 Å². The van der Waals surface area contributed by atoms with Gasteiger partial charge in [-0.1, -0.05) is 6.92 Å². The SMILES string of the molecule is COc1nccnc1C(O)C1(C)CC1. The standard InChI is InChI=1S/C10H14N2O2/c1-10(3-4-10)8(13)7-9(14-2)12-6-5-11-7/h5-6,8,13H,3-4H2,1-2H3. The Balaban J connectivity index is 2.30. The molecule has 0 radical (unpaired) electrons. The van der Waals surface area contributed by atoms with Gasteiger partial charge in [-0.25, -0.2) is 4.98 Å². The fourth-order valence-electron chi connectivity index (χ4n) is 1.48. The van der Waals surface area contributed by atoms with Gasteiger partial charge in [-0.2, -0.15) is 0 Å². The summed E-state index contributed by atoms with van der Waals surface area (Å²) in [6.45, 7) is 2.05. The van der Waals surface area contributed by atoms with E-state index in [4.69, 9.17) is 4.74 Å². The zero-order valence-corrected chi connectivity index (χ0v) is 8.40. The molecule has 4 heteroatoms. The van der Waals surface area contributed by atoms with Crippen LogP contribution in [0.4, 0.5) is 0 Å². The minimum Gasteiger partial charge on any atom is -0.480 e. The average molecular weight is 194 g/mol. The molecule has 4 nitrogen and oxygen atoms in total. The lowest BCUT2D eigenvalue weighted by Gasteiger charge is -2.17. The van der Waals surface area contributed by atoms with Crippen molar-refractivity contribution in [1.29, 1.82) is 0 Å². The van der Waals surface area contributed by atoms with Gasteiger partial charge < -0.3 is 9.84 Å². The highest BCUT2D eigenvalue weighted by Gasteiger charge is 2.46. The lowest BCUT2D eigenvalue weighted by Crippen LogP contribution is -2.13. The summed E-state index contributed by atoms with van der Waals surface area (Å²) >= 11 is 0. The smallest absolute Gasteiger partial charge is 0.238 e. The molecule has 1 heterocycles. The van der Waals surface area contributed by atoms with E-state index in [1.54, 1.807) is 12.4 Å². The second-order valence-electron chi connectivity index (χ2n) is 4.01. The van der Waals surface area contributed by atoms with E-state index in [9.17, 15) is 5.11 Å². The minimum absolute atomic E-state index is 0.0245. The number of aromatic nitrogens is 2. The molecule has 1 aliphatic carbocycles. The van der Waals surface area contributed by atoms with Crippen LogP contribution in [0.2, 0.25) is 0 Å². The van der Waals surface area contributed by atoms with Crippen LogP contribution < -0.4 is 4.74 Å². The quantitative estimate of drug-likeness (QED) is 0.788. The van der Waals surface area contributed by atoms with E-state index in [0.29, 0.717) is 11.6 Å². The number of aliphatic hydroxyl groups is 1. The molecule has 1 saturated carbocycles. The van der Waals surface area contributed by atoms with Crippen LogP contribution in [-0.2, 0) is 0 Å². The largest absolute Gasteiger partial charge is 0.480 e. The predicted molar refractivity (Wildman–Crippen MR) is 50.9 cm³/mol. The first-order valence-corrected chi connectivity index (χ1v) is 4.70. The minimum atomic E-state index is -0.564. The van der Waals surface area contributed by atoms with E-state index in [-0.39, 0.29) is 5.41 Å². The highest BCUT2D eigenvalue weighted by Crippen LogP contribution is 2.54. The summed E-state index contributed by atoms with van der Waals surface area (Å²) in [5.74, 6) is 0.424. The maximum absolute atomic E-state index is 10.0. The molecule has 1 aromatic heterocycles. The Morgan fingerprint density at radius 2 is 2.07 bits per heavy atom. The lowest BCUT2D eigenvalue weighted by atomic mass is 9.99. The summed E-state index contributed by atoms with van der Waals surface area (Å²) in [7, 11) is 1.54. The molecule has 14 heavy (non-hydrogen) atoms. The Hall–Kier alpha value is -1.16. The van der Waals surface area contributed by atoms with Crippen LogP contribution in [0.3, 0.4) is 0 Å². The highest BCUT2D eigenvalue weighted by molar-refractivity contribution is 5.23. The summed E-state index contributed by atoms with van der Waals surface area (Å²) in [5, 5.41) is 10.0. The van der Waals surface area contributed by atoms with Gasteiger partial charge in [0.15, 0.2) is 0 Å². The van der Waals surface area contributed by atoms with E-state index >= 15 is 0 Å². The molecule has 0 amide bonds. The van der Waals surface area contributed by atoms with Gasteiger partial charge >= 0.3 is 0 Å². The maximum Gasteiger partial charge on any atom is 0.238 e. The Morgan fingerprint density at radius 1 is 1.43 bits per heavy atom. The third kappa shape index (κ3) is 1.46. The predicted octanol–water partition coefficient (Wildman–Crippen LogP) is 1.32. The van der Waals surface area contributed by atoms with Gasteiger partial charge in [0.1, 0.15) is 11.8 Å². The fourth-order valence-corrected chi connectivity index (χ4v) is 1.48. The first kappa shape index (κ1) is 9.40. The van der Waals surface area contributed by atoms with E-state index < -0.39 is 6.10 Å². The summed E-state index contributed by atoms with van der Waals surface area (Å²) < 4.78 is 5.06. The van der Waals surface area contributed by atoms with Crippen molar-refractivity contribution < 1.29 is 9.84 Å². The number of hydrogen-bond donors (Lipinski definition) is 1. The number of hydrogen-bond acceptors (Lipinski definition) is 4. The first-order chi connectivity index (χ1) is 6.67. The van der Waals surface area contributed by atoms with Gasteiger partial charge in [-0.05, 0) is 18.3 Å². The van der Waals surface area contributed by atoms with E-state index in [1.807, 2.05) is 6.92 Å². The molecule has 1 aromatic rings. The van der Waals surface area contributed by atoms with Crippen molar-refractivity contribution in [2.24, 2.45) is 5.41 Å². The molecule has 1 atom stereocenters. The van der Waals surface area contributed by atoms with Gasteiger partial charge in [0, 0.05) is 12.4 Å². The van der Waals surface area contributed by atoms with Gasteiger partial charge in [0.2, 0.25) is 5.88 Å². The molecule has 0 saturated heterocycles. The average Bonchev–Trinajstić information content (AvgIpc) is 2.97. The molecule has 1 unspecified atom stereocenters. The van der Waals surface area contributed by atoms with Crippen molar-refractivity contribution >= 4 is 0 Å². The Labute approximate surface area is 83.0 Å². The third-order valence-electron chi connectivity index (χ3n) is 2.84. The highest BCUT2D eigenvalue weighted by atomic mass is 16.5. The van der Waals surface area contributed by atoms with Crippen molar-refractivity contribution in [2.45, 2.75) is 25.9 Å². The lowest BCUT2D eigenvalue weighted by molar-refractivity contribution is 0.0954. The first-order valence-electron chi connectivity index (χ1n) is 4.70. The topological polar surface area (TPSA) is 55.2 Å². The summed E-state index contributed by atoms with van der Waals surface area (Å²) in [5.41, 5.74) is 0.526. The number of methoxy groups -OCH3 is 1. The molecule has 1 aliphatic rings. The second kappa shape index (κ2) is 3.20. The molecule has 0 bridgehead atoms. The third-order valence-corrected chi connectivity index (χ3v) is 2.84. The van der Waals surface area contributed by atoms with E-state index in [2.05, 4.69) is 9.97 Å². The van der Waals surface area contributed by atoms with Gasteiger partial charge in [0.05, 0.1) is 7.11 Å². The van der Waals surface area contributed by atoms with Crippen LogP contribution in [0.25, 0.3) is 0 Å². The molecule has 1 N–H and O–H groups in total. The second-order valence-corrected chi connectivity index (χ2v) is 4.01. The molecular weight excluding hydrogens is 180 g/mol. The zero-order chi connectivity index (χ0) is 10.2. The molecule has 76 valence electrons. The van der Waals surface area contributed by atoms with Crippen LogP contribution in [0.5, 0.6) is 5.88 Å².